The first-order chi connectivity index (χ1) is 15.0. The van der Waals surface area contributed by atoms with Crippen molar-refractivity contribution in [3.05, 3.63) is 59.4 Å². The lowest BCUT2D eigenvalue weighted by molar-refractivity contribution is -0.194. The molecule has 174 valence electrons. The van der Waals surface area contributed by atoms with E-state index in [4.69, 9.17) is 0 Å². The Hall–Kier alpha value is -2.61. The van der Waals surface area contributed by atoms with Gasteiger partial charge in [0.25, 0.3) is 0 Å². The standard InChI is InChI=1S/C24H30F3N3O2/c1-16-12-20(31)5-4-18(16)13-19(30(2)3)15-29-22(32)14-21(17-6-10-28-11-7-17)23(8-9-23)24(25,26)27/h4-7,10-12,19,21,31H,8-9,13-15H2,1-3H3,(H,29,32). The van der Waals surface area contributed by atoms with Gasteiger partial charge in [0.05, 0.1) is 5.41 Å². The Kier molecular flexibility index (Phi) is 7.12. The number of rotatable bonds is 9. The van der Waals surface area contributed by atoms with Gasteiger partial charge >= 0.3 is 6.18 Å². The molecule has 5 nitrogen and oxygen atoms in total. The van der Waals surface area contributed by atoms with Crippen LogP contribution in [0.3, 0.4) is 0 Å². The van der Waals surface area contributed by atoms with Crippen molar-refractivity contribution in [3.8, 4) is 5.75 Å². The number of pyridine rings is 1. The number of phenolic OH excluding ortho intramolecular Hbond substituents is 1. The number of carbonyl (C=O) groups is 1. The maximum Gasteiger partial charge on any atom is 0.395 e. The van der Waals surface area contributed by atoms with E-state index in [0.717, 1.165) is 11.1 Å². The van der Waals surface area contributed by atoms with Gasteiger partial charge in [0, 0.05) is 37.3 Å². The number of hydrogen-bond acceptors (Lipinski definition) is 4. The van der Waals surface area contributed by atoms with E-state index in [9.17, 15) is 23.1 Å². The summed E-state index contributed by atoms with van der Waals surface area (Å²) in [7, 11) is 3.80. The molecule has 1 aliphatic carbocycles. The minimum absolute atomic E-state index is 0.0389. The van der Waals surface area contributed by atoms with E-state index in [0.29, 0.717) is 18.5 Å². The Morgan fingerprint density at radius 3 is 2.41 bits per heavy atom. The fourth-order valence-electron chi connectivity index (χ4n) is 4.28. The first-order valence-electron chi connectivity index (χ1n) is 10.7. The van der Waals surface area contributed by atoms with Gasteiger partial charge in [0.1, 0.15) is 5.75 Å². The highest BCUT2D eigenvalue weighted by molar-refractivity contribution is 5.77. The van der Waals surface area contributed by atoms with Crippen molar-refractivity contribution < 1.29 is 23.1 Å². The summed E-state index contributed by atoms with van der Waals surface area (Å²) >= 11 is 0. The lowest BCUT2D eigenvalue weighted by atomic mass is 9.80. The van der Waals surface area contributed by atoms with E-state index in [1.54, 1.807) is 24.3 Å². The van der Waals surface area contributed by atoms with Crippen LogP contribution in [0.15, 0.2) is 42.7 Å². The molecule has 1 fully saturated rings. The maximum atomic E-state index is 13.8. The minimum Gasteiger partial charge on any atom is -0.508 e. The van der Waals surface area contributed by atoms with E-state index in [2.05, 4.69) is 10.3 Å². The van der Waals surface area contributed by atoms with Crippen molar-refractivity contribution in [2.45, 2.75) is 50.7 Å². The molecular formula is C24H30F3N3O2. The Morgan fingerprint density at radius 1 is 1.22 bits per heavy atom. The lowest BCUT2D eigenvalue weighted by Crippen LogP contribution is -2.43. The van der Waals surface area contributed by atoms with Gasteiger partial charge in [0.15, 0.2) is 0 Å². The summed E-state index contributed by atoms with van der Waals surface area (Å²) in [5.74, 6) is -1.12. The number of aryl methyl sites for hydroxylation is 1. The zero-order valence-corrected chi connectivity index (χ0v) is 18.6. The molecule has 1 aromatic carbocycles. The highest BCUT2D eigenvalue weighted by Gasteiger charge is 2.67. The van der Waals surface area contributed by atoms with E-state index in [1.165, 1.54) is 12.4 Å². The number of phenols is 1. The molecule has 1 heterocycles. The smallest absolute Gasteiger partial charge is 0.395 e. The average Bonchev–Trinajstić information content (AvgIpc) is 3.53. The van der Waals surface area contributed by atoms with Gasteiger partial charge < -0.3 is 15.3 Å². The normalized spacial score (nSPS) is 17.1. The zero-order valence-electron chi connectivity index (χ0n) is 18.6. The molecule has 1 aromatic heterocycles. The van der Waals surface area contributed by atoms with Crippen LogP contribution < -0.4 is 5.32 Å². The molecule has 2 N–H and O–H groups in total. The molecule has 8 heteroatoms. The topological polar surface area (TPSA) is 65.5 Å². The number of alkyl halides is 3. The van der Waals surface area contributed by atoms with Crippen LogP contribution in [0, 0.1) is 12.3 Å². The number of benzene rings is 1. The van der Waals surface area contributed by atoms with Crippen LogP contribution in [0.5, 0.6) is 5.75 Å². The third kappa shape index (κ3) is 5.41. The van der Waals surface area contributed by atoms with Gasteiger partial charge in [0.2, 0.25) is 5.91 Å². The van der Waals surface area contributed by atoms with Crippen molar-refractivity contribution in [3.63, 3.8) is 0 Å². The number of halogens is 3. The second-order valence-corrected chi connectivity index (χ2v) is 8.93. The Bertz CT molecular complexity index is 928. The number of aromatic hydroxyl groups is 1. The van der Waals surface area contributed by atoms with Crippen molar-refractivity contribution in [1.29, 1.82) is 0 Å². The summed E-state index contributed by atoms with van der Waals surface area (Å²) in [6, 6.07) is 8.26. The van der Waals surface area contributed by atoms with E-state index < -0.39 is 23.4 Å². The van der Waals surface area contributed by atoms with Crippen LogP contribution in [-0.4, -0.2) is 53.8 Å². The number of amides is 1. The SMILES string of the molecule is Cc1cc(O)ccc1CC(CNC(=O)CC(c1ccncc1)C1(C(F)(F)F)CC1)N(C)C. The van der Waals surface area contributed by atoms with Gasteiger partial charge in [-0.05, 0) is 81.2 Å². The molecule has 2 aromatic rings. The molecule has 0 spiro atoms. The first kappa shape index (κ1) is 24.0. The summed E-state index contributed by atoms with van der Waals surface area (Å²) in [5, 5.41) is 12.5. The number of aromatic nitrogens is 1. The predicted molar refractivity (Wildman–Crippen MR) is 116 cm³/mol. The molecular weight excluding hydrogens is 419 g/mol. The molecule has 0 aliphatic heterocycles. The van der Waals surface area contributed by atoms with Crippen molar-refractivity contribution >= 4 is 5.91 Å². The Balaban J connectivity index is 1.69. The van der Waals surface area contributed by atoms with Gasteiger partial charge in [-0.25, -0.2) is 0 Å². The highest BCUT2D eigenvalue weighted by atomic mass is 19.4. The van der Waals surface area contributed by atoms with Crippen molar-refractivity contribution in [2.24, 2.45) is 5.41 Å². The number of likely N-dealkylation sites (N-methyl/N-ethyl adjacent to an activating group) is 1. The maximum absolute atomic E-state index is 13.8. The third-order valence-electron chi connectivity index (χ3n) is 6.57. The molecule has 0 saturated heterocycles. The zero-order chi connectivity index (χ0) is 23.5. The molecule has 2 unspecified atom stereocenters. The molecule has 2 atom stereocenters. The molecule has 32 heavy (non-hydrogen) atoms. The fraction of sp³-hybridized carbons (Fsp3) is 0.500. The second kappa shape index (κ2) is 9.48. The van der Waals surface area contributed by atoms with E-state index in [-0.39, 0.29) is 31.1 Å². The Labute approximate surface area is 186 Å². The number of nitrogens with one attached hydrogen (secondary N) is 1. The monoisotopic (exact) mass is 449 g/mol. The summed E-state index contributed by atoms with van der Waals surface area (Å²) in [5.41, 5.74) is 0.644. The van der Waals surface area contributed by atoms with Gasteiger partial charge in [-0.1, -0.05) is 6.07 Å². The first-order valence-corrected chi connectivity index (χ1v) is 10.7. The van der Waals surface area contributed by atoms with E-state index >= 15 is 0 Å². The van der Waals surface area contributed by atoms with E-state index in [1.807, 2.05) is 32.0 Å². The molecule has 1 aliphatic rings. The van der Waals surface area contributed by atoms with Crippen molar-refractivity contribution in [2.75, 3.05) is 20.6 Å². The second-order valence-electron chi connectivity index (χ2n) is 8.93. The quantitative estimate of drug-likeness (QED) is 0.602. The van der Waals surface area contributed by atoms with Crippen LogP contribution >= 0.6 is 0 Å². The number of hydrogen-bond donors (Lipinski definition) is 2. The van der Waals surface area contributed by atoms with Gasteiger partial charge in [-0.2, -0.15) is 13.2 Å². The third-order valence-corrected chi connectivity index (χ3v) is 6.57. The minimum atomic E-state index is -4.36. The Morgan fingerprint density at radius 2 is 1.88 bits per heavy atom. The van der Waals surface area contributed by atoms with Crippen LogP contribution in [0.25, 0.3) is 0 Å². The molecule has 1 amide bonds. The summed E-state index contributed by atoms with van der Waals surface area (Å²) in [6.45, 7) is 2.22. The lowest BCUT2D eigenvalue weighted by Gasteiger charge is -2.30. The summed E-state index contributed by atoms with van der Waals surface area (Å²) in [4.78, 5) is 18.7. The fourth-order valence-corrected chi connectivity index (χ4v) is 4.28. The largest absolute Gasteiger partial charge is 0.508 e. The van der Waals surface area contributed by atoms with Crippen LogP contribution in [0.2, 0.25) is 0 Å². The predicted octanol–water partition coefficient (Wildman–Crippen LogP) is 4.20. The number of nitrogens with zero attached hydrogens (tertiary/aromatic N) is 2. The molecule has 1 saturated carbocycles. The van der Waals surface area contributed by atoms with Gasteiger partial charge in [-0.15, -0.1) is 0 Å². The molecule has 0 radical (unpaired) electrons. The van der Waals surface area contributed by atoms with Crippen LogP contribution in [0.1, 0.15) is 41.9 Å². The van der Waals surface area contributed by atoms with Crippen LogP contribution in [-0.2, 0) is 11.2 Å². The summed E-state index contributed by atoms with van der Waals surface area (Å²) < 4.78 is 41.5. The highest BCUT2D eigenvalue weighted by Crippen LogP contribution is 2.66. The molecule has 0 bridgehead atoms. The van der Waals surface area contributed by atoms with Crippen LogP contribution in [0.4, 0.5) is 13.2 Å². The average molecular weight is 450 g/mol. The number of carbonyl (C=O) groups excluding carboxylic acids is 1. The summed E-state index contributed by atoms with van der Waals surface area (Å²) in [6.07, 6.45) is -0.927. The van der Waals surface area contributed by atoms with Crippen molar-refractivity contribution in [1.82, 2.24) is 15.2 Å². The van der Waals surface area contributed by atoms with Gasteiger partial charge in [-0.3, -0.25) is 9.78 Å². The molecule has 3 rings (SSSR count).